The number of halogens is 1. The van der Waals surface area contributed by atoms with E-state index in [1.54, 1.807) is 19.1 Å². The van der Waals surface area contributed by atoms with Gasteiger partial charge in [0.1, 0.15) is 17.2 Å². The lowest BCUT2D eigenvalue weighted by molar-refractivity contribution is -0.142. The van der Waals surface area contributed by atoms with Crippen molar-refractivity contribution in [3.05, 3.63) is 95.4 Å². The molecule has 0 aliphatic heterocycles. The predicted octanol–water partition coefficient (Wildman–Crippen LogP) is 6.99. The average molecular weight is 487 g/mol. The smallest absolute Gasteiger partial charge is 0.310 e. The number of anilines is 1. The molecule has 0 spiro atoms. The Morgan fingerprint density at radius 3 is 2.33 bits per heavy atom. The Balaban J connectivity index is 1.42. The number of carbonyl (C=O) groups excluding carboxylic acids is 1. The van der Waals surface area contributed by atoms with E-state index in [4.69, 9.17) is 9.26 Å². The highest BCUT2D eigenvalue weighted by Crippen LogP contribution is 2.33. The van der Waals surface area contributed by atoms with Gasteiger partial charge in [0.25, 0.3) is 0 Å². The lowest BCUT2D eigenvalue weighted by Gasteiger charge is -2.15. The SMILES string of the molecule is CCOC(=O)Cc1ccc(-c2ccc(-c3onc(C)c3NC(C)CCc3cccc(F)c3)cc2)cc1. The van der Waals surface area contributed by atoms with Crippen molar-refractivity contribution in [1.29, 1.82) is 0 Å². The zero-order valence-electron chi connectivity index (χ0n) is 20.9. The van der Waals surface area contributed by atoms with Crippen LogP contribution in [0.3, 0.4) is 0 Å². The van der Waals surface area contributed by atoms with Crippen LogP contribution in [-0.4, -0.2) is 23.8 Å². The molecule has 3 aromatic carbocycles. The van der Waals surface area contributed by atoms with Gasteiger partial charge in [-0.15, -0.1) is 0 Å². The monoisotopic (exact) mass is 486 g/mol. The van der Waals surface area contributed by atoms with Crippen molar-refractivity contribution in [2.75, 3.05) is 11.9 Å². The first-order valence-electron chi connectivity index (χ1n) is 12.3. The first-order valence-corrected chi connectivity index (χ1v) is 12.3. The molecular weight excluding hydrogens is 455 g/mol. The van der Waals surface area contributed by atoms with Gasteiger partial charge in [-0.2, -0.15) is 0 Å². The largest absolute Gasteiger partial charge is 0.466 e. The van der Waals surface area contributed by atoms with E-state index >= 15 is 0 Å². The van der Waals surface area contributed by atoms with Gasteiger partial charge in [-0.3, -0.25) is 4.79 Å². The third-order valence-corrected chi connectivity index (χ3v) is 6.10. The van der Waals surface area contributed by atoms with Crippen molar-refractivity contribution in [3.63, 3.8) is 0 Å². The second kappa shape index (κ2) is 11.7. The van der Waals surface area contributed by atoms with Crippen molar-refractivity contribution >= 4 is 11.7 Å². The molecule has 0 fully saturated rings. The van der Waals surface area contributed by atoms with E-state index in [9.17, 15) is 9.18 Å². The van der Waals surface area contributed by atoms with E-state index in [1.807, 2.05) is 61.5 Å². The fourth-order valence-electron chi connectivity index (χ4n) is 4.14. The van der Waals surface area contributed by atoms with Crippen LogP contribution in [0.1, 0.15) is 37.1 Å². The number of ether oxygens (including phenoxy) is 1. The van der Waals surface area contributed by atoms with Gasteiger partial charge in [0.2, 0.25) is 0 Å². The van der Waals surface area contributed by atoms with Crippen LogP contribution in [-0.2, 0) is 22.4 Å². The van der Waals surface area contributed by atoms with Crippen LogP contribution in [0.2, 0.25) is 0 Å². The number of nitrogens with one attached hydrogen (secondary N) is 1. The Kier molecular flexibility index (Phi) is 8.16. The van der Waals surface area contributed by atoms with Gasteiger partial charge in [0, 0.05) is 11.6 Å². The summed E-state index contributed by atoms with van der Waals surface area (Å²) in [4.78, 5) is 11.7. The molecule has 0 amide bonds. The number of hydrogen-bond acceptors (Lipinski definition) is 5. The Morgan fingerprint density at radius 2 is 1.67 bits per heavy atom. The summed E-state index contributed by atoms with van der Waals surface area (Å²) in [6.45, 7) is 6.21. The summed E-state index contributed by atoms with van der Waals surface area (Å²) in [7, 11) is 0. The highest BCUT2D eigenvalue weighted by atomic mass is 19.1. The fraction of sp³-hybridized carbons (Fsp3) is 0.267. The Hall–Kier alpha value is -3.93. The molecule has 1 atom stereocenters. The molecule has 36 heavy (non-hydrogen) atoms. The molecule has 0 saturated heterocycles. The highest BCUT2D eigenvalue weighted by molar-refractivity contribution is 5.77. The normalized spacial score (nSPS) is 11.8. The van der Waals surface area contributed by atoms with Gasteiger partial charge in [-0.25, -0.2) is 4.39 Å². The van der Waals surface area contributed by atoms with Crippen LogP contribution in [0.15, 0.2) is 77.3 Å². The molecule has 6 heteroatoms. The van der Waals surface area contributed by atoms with Crippen LogP contribution < -0.4 is 5.32 Å². The number of carbonyl (C=O) groups is 1. The summed E-state index contributed by atoms with van der Waals surface area (Å²) >= 11 is 0. The number of hydrogen-bond donors (Lipinski definition) is 1. The molecule has 0 saturated carbocycles. The third kappa shape index (κ3) is 6.39. The topological polar surface area (TPSA) is 64.4 Å². The van der Waals surface area contributed by atoms with E-state index in [1.165, 1.54) is 6.07 Å². The zero-order chi connectivity index (χ0) is 25.5. The van der Waals surface area contributed by atoms with Gasteiger partial charge in [-0.05, 0) is 68.0 Å². The molecule has 0 bridgehead atoms. The minimum atomic E-state index is -0.218. The Bertz CT molecular complexity index is 1300. The first kappa shape index (κ1) is 25.2. The molecule has 0 aliphatic carbocycles. The molecule has 1 N–H and O–H groups in total. The number of rotatable bonds is 10. The molecule has 0 aliphatic rings. The summed E-state index contributed by atoms with van der Waals surface area (Å²) < 4.78 is 24.2. The van der Waals surface area contributed by atoms with Crippen molar-refractivity contribution in [2.45, 2.75) is 46.1 Å². The maximum Gasteiger partial charge on any atom is 0.310 e. The Morgan fingerprint density at radius 1 is 1.00 bits per heavy atom. The standard InChI is InChI=1S/C30H31FN2O3/c1-4-35-28(34)19-23-10-12-24(13-11-23)25-14-16-26(17-15-25)30-29(21(3)33-36-30)32-20(2)8-9-22-6-5-7-27(31)18-22/h5-7,10-18,20,32H,4,8-9,19H2,1-3H3. The second-order valence-corrected chi connectivity index (χ2v) is 8.94. The minimum absolute atomic E-state index is 0.150. The van der Waals surface area contributed by atoms with Gasteiger partial charge in [-0.1, -0.05) is 65.8 Å². The van der Waals surface area contributed by atoms with Gasteiger partial charge < -0.3 is 14.6 Å². The molecule has 1 unspecified atom stereocenters. The zero-order valence-corrected chi connectivity index (χ0v) is 20.9. The minimum Gasteiger partial charge on any atom is -0.466 e. The molecule has 4 rings (SSSR count). The quantitative estimate of drug-likeness (QED) is 0.245. The van der Waals surface area contributed by atoms with Crippen molar-refractivity contribution < 1.29 is 18.4 Å². The number of aromatic nitrogens is 1. The number of esters is 1. The predicted molar refractivity (Wildman–Crippen MR) is 140 cm³/mol. The summed E-state index contributed by atoms with van der Waals surface area (Å²) in [6, 6.07) is 22.9. The lowest BCUT2D eigenvalue weighted by atomic mass is 10.0. The van der Waals surface area contributed by atoms with Crippen LogP contribution in [0.5, 0.6) is 0 Å². The Labute approximate surface area is 211 Å². The average Bonchev–Trinajstić information content (AvgIpc) is 3.23. The molecule has 4 aromatic rings. The molecule has 5 nitrogen and oxygen atoms in total. The van der Waals surface area contributed by atoms with E-state index in [2.05, 4.69) is 17.4 Å². The summed E-state index contributed by atoms with van der Waals surface area (Å²) in [6.07, 6.45) is 1.89. The van der Waals surface area contributed by atoms with E-state index in [-0.39, 0.29) is 24.2 Å². The molecule has 186 valence electrons. The first-order chi connectivity index (χ1) is 17.4. The van der Waals surface area contributed by atoms with E-state index < -0.39 is 0 Å². The summed E-state index contributed by atoms with van der Waals surface area (Å²) in [5.41, 5.74) is 6.63. The van der Waals surface area contributed by atoms with Crippen LogP contribution in [0, 0.1) is 12.7 Å². The van der Waals surface area contributed by atoms with E-state index in [0.29, 0.717) is 12.4 Å². The van der Waals surface area contributed by atoms with Gasteiger partial charge >= 0.3 is 5.97 Å². The number of nitrogens with zero attached hydrogens (tertiary/aromatic N) is 1. The highest BCUT2D eigenvalue weighted by Gasteiger charge is 2.17. The summed E-state index contributed by atoms with van der Waals surface area (Å²) in [5, 5.41) is 7.71. The molecular formula is C30H31FN2O3. The fourth-order valence-corrected chi connectivity index (χ4v) is 4.14. The lowest BCUT2D eigenvalue weighted by Crippen LogP contribution is -2.16. The second-order valence-electron chi connectivity index (χ2n) is 8.94. The molecule has 1 aromatic heterocycles. The van der Waals surface area contributed by atoms with Crippen LogP contribution in [0.4, 0.5) is 10.1 Å². The van der Waals surface area contributed by atoms with Crippen molar-refractivity contribution in [1.82, 2.24) is 5.16 Å². The van der Waals surface area contributed by atoms with E-state index in [0.717, 1.165) is 52.0 Å². The van der Waals surface area contributed by atoms with Crippen LogP contribution in [0.25, 0.3) is 22.5 Å². The number of benzene rings is 3. The molecule has 0 radical (unpaired) electrons. The number of aryl methyl sites for hydroxylation is 2. The third-order valence-electron chi connectivity index (χ3n) is 6.10. The van der Waals surface area contributed by atoms with Gasteiger partial charge in [0.05, 0.1) is 13.0 Å². The molecule has 1 heterocycles. The van der Waals surface area contributed by atoms with Crippen LogP contribution >= 0.6 is 0 Å². The van der Waals surface area contributed by atoms with Gasteiger partial charge in [0.15, 0.2) is 5.76 Å². The maximum atomic E-state index is 13.5. The van der Waals surface area contributed by atoms with Crippen molar-refractivity contribution in [3.8, 4) is 22.5 Å². The maximum absolute atomic E-state index is 13.5. The van der Waals surface area contributed by atoms with Crippen molar-refractivity contribution in [2.24, 2.45) is 0 Å². The summed E-state index contributed by atoms with van der Waals surface area (Å²) in [5.74, 6) is 0.271.